The van der Waals surface area contributed by atoms with Gasteiger partial charge >= 0.3 is 0 Å². The van der Waals surface area contributed by atoms with Crippen LogP contribution in [0.4, 0.5) is 5.69 Å². The first-order valence-electron chi connectivity index (χ1n) is 5.17. The second-order valence-corrected chi connectivity index (χ2v) is 5.54. The van der Waals surface area contributed by atoms with E-state index < -0.39 is 0 Å². The first-order valence-corrected chi connectivity index (χ1v) is 5.99. The predicted octanol–water partition coefficient (Wildman–Crippen LogP) is 3.08. The standard InChI is InChI=1S/C11H18N2S2/c1-11(2,3)7-8(10(15)9(7)14)13-6-4-5-12/h13H,4-6,12H2,1-3H3. The van der Waals surface area contributed by atoms with Crippen LogP contribution in [0.2, 0.25) is 0 Å². The minimum atomic E-state index is 0.0739. The zero-order chi connectivity index (χ0) is 11.6. The number of nitrogens with one attached hydrogen (secondary N) is 1. The van der Waals surface area contributed by atoms with E-state index >= 15 is 0 Å². The molecule has 1 aromatic carbocycles. The third kappa shape index (κ3) is 2.62. The van der Waals surface area contributed by atoms with Gasteiger partial charge in [0.15, 0.2) is 0 Å². The van der Waals surface area contributed by atoms with Crippen molar-refractivity contribution in [1.29, 1.82) is 0 Å². The van der Waals surface area contributed by atoms with Crippen LogP contribution in [0.5, 0.6) is 0 Å². The molecule has 4 heteroatoms. The molecule has 0 fully saturated rings. The van der Waals surface area contributed by atoms with Gasteiger partial charge in [-0.05, 0) is 18.4 Å². The summed E-state index contributed by atoms with van der Waals surface area (Å²) >= 11 is 10.5. The normalized spacial score (nSPS) is 12.0. The summed E-state index contributed by atoms with van der Waals surface area (Å²) in [4.78, 5) is 0. The fourth-order valence-electron chi connectivity index (χ4n) is 1.59. The lowest BCUT2D eigenvalue weighted by Gasteiger charge is -2.26. The van der Waals surface area contributed by atoms with Crippen molar-refractivity contribution in [3.05, 3.63) is 14.6 Å². The van der Waals surface area contributed by atoms with Crippen molar-refractivity contribution in [2.45, 2.75) is 32.6 Å². The summed E-state index contributed by atoms with van der Waals surface area (Å²) in [7, 11) is 0. The molecule has 1 aromatic rings. The molecule has 0 aliphatic rings. The van der Waals surface area contributed by atoms with E-state index in [0.717, 1.165) is 27.7 Å². The molecule has 0 heterocycles. The summed E-state index contributed by atoms with van der Waals surface area (Å²) < 4.78 is 1.67. The third-order valence-corrected chi connectivity index (χ3v) is 3.29. The topological polar surface area (TPSA) is 38.0 Å². The monoisotopic (exact) mass is 242 g/mol. The van der Waals surface area contributed by atoms with Crippen LogP contribution < -0.4 is 11.1 Å². The molecule has 0 unspecified atom stereocenters. The Hall–Kier alpha value is -0.320. The molecule has 0 saturated heterocycles. The summed E-state index contributed by atoms with van der Waals surface area (Å²) in [6.45, 7) is 8.03. The minimum absolute atomic E-state index is 0.0739. The van der Waals surface area contributed by atoms with E-state index in [9.17, 15) is 0 Å². The Bertz CT molecular complexity index is 409. The second-order valence-electron chi connectivity index (χ2n) is 4.73. The van der Waals surface area contributed by atoms with Gasteiger partial charge in [0.1, 0.15) is 0 Å². The molecular formula is C11H18N2S2. The molecule has 0 radical (unpaired) electrons. The summed E-state index contributed by atoms with van der Waals surface area (Å²) in [6, 6.07) is 0. The highest BCUT2D eigenvalue weighted by Gasteiger charge is 2.25. The Morgan fingerprint density at radius 1 is 1.20 bits per heavy atom. The number of nitrogens with two attached hydrogens (primary N) is 1. The maximum absolute atomic E-state index is 5.44. The van der Waals surface area contributed by atoms with Gasteiger partial charge in [-0.1, -0.05) is 45.2 Å². The van der Waals surface area contributed by atoms with Gasteiger partial charge < -0.3 is 11.1 Å². The second kappa shape index (κ2) is 4.68. The van der Waals surface area contributed by atoms with Gasteiger partial charge in [-0.15, -0.1) is 0 Å². The summed E-state index contributed by atoms with van der Waals surface area (Å²) in [5.74, 6) is 0. The number of hydrogen-bond acceptors (Lipinski definition) is 4. The Kier molecular flexibility index (Phi) is 3.98. The number of hydrogen-bond donors (Lipinski definition) is 2. The van der Waals surface area contributed by atoms with E-state index in [4.69, 9.17) is 30.2 Å². The predicted molar refractivity (Wildman–Crippen MR) is 71.3 cm³/mol. The Labute approximate surface area is 102 Å². The smallest absolute Gasteiger partial charge is 0.0796 e. The average Bonchev–Trinajstić information content (AvgIpc) is 2.13. The Balaban J connectivity index is 2.86. The molecule has 0 saturated carbocycles. The molecule has 0 atom stereocenters. The SMILES string of the molecule is CC(C)(C)c1c(NCCCN)c(=S)c1=S. The minimum Gasteiger partial charge on any atom is -0.384 e. The van der Waals surface area contributed by atoms with Crippen LogP contribution in [0.15, 0.2) is 0 Å². The summed E-state index contributed by atoms with van der Waals surface area (Å²) in [5, 5.41) is 3.33. The van der Waals surface area contributed by atoms with Crippen molar-refractivity contribution in [2.24, 2.45) is 5.73 Å². The highest BCUT2D eigenvalue weighted by atomic mass is 32.1. The van der Waals surface area contributed by atoms with Crippen LogP contribution in [-0.2, 0) is 5.41 Å². The highest BCUT2D eigenvalue weighted by Crippen LogP contribution is 2.36. The molecule has 0 aliphatic heterocycles. The van der Waals surface area contributed by atoms with Crippen molar-refractivity contribution in [3.63, 3.8) is 0 Å². The van der Waals surface area contributed by atoms with Crippen molar-refractivity contribution < 1.29 is 0 Å². The zero-order valence-electron chi connectivity index (χ0n) is 9.52. The Morgan fingerprint density at radius 3 is 2.27 bits per heavy atom. The van der Waals surface area contributed by atoms with E-state index in [0.29, 0.717) is 6.54 Å². The van der Waals surface area contributed by atoms with Crippen LogP contribution >= 0.6 is 24.4 Å². The van der Waals surface area contributed by atoms with Crippen molar-refractivity contribution in [3.8, 4) is 0 Å². The van der Waals surface area contributed by atoms with Gasteiger partial charge in [0, 0.05) is 12.1 Å². The van der Waals surface area contributed by atoms with Gasteiger partial charge in [-0.3, -0.25) is 0 Å². The maximum Gasteiger partial charge on any atom is 0.0796 e. The molecule has 3 N–H and O–H groups in total. The van der Waals surface area contributed by atoms with Crippen LogP contribution in [0.25, 0.3) is 0 Å². The molecule has 1 rings (SSSR count). The lowest BCUT2D eigenvalue weighted by Crippen LogP contribution is -2.20. The molecule has 84 valence electrons. The first kappa shape index (κ1) is 12.7. The maximum atomic E-state index is 5.44. The Morgan fingerprint density at radius 2 is 1.80 bits per heavy atom. The van der Waals surface area contributed by atoms with Crippen molar-refractivity contribution in [2.75, 3.05) is 18.4 Å². The molecule has 0 aromatic heterocycles. The first-order chi connectivity index (χ1) is 6.89. The van der Waals surface area contributed by atoms with Gasteiger partial charge in [0.05, 0.1) is 14.7 Å². The summed E-state index contributed by atoms with van der Waals surface area (Å²) in [6.07, 6.45) is 0.955. The lowest BCUT2D eigenvalue weighted by atomic mass is 9.83. The number of rotatable bonds is 4. The molecule has 0 aliphatic carbocycles. The van der Waals surface area contributed by atoms with Gasteiger partial charge in [-0.25, -0.2) is 0 Å². The zero-order valence-corrected chi connectivity index (χ0v) is 11.1. The quantitative estimate of drug-likeness (QED) is 0.628. The highest BCUT2D eigenvalue weighted by molar-refractivity contribution is 7.74. The van der Waals surface area contributed by atoms with Crippen LogP contribution in [0.1, 0.15) is 32.8 Å². The molecule has 2 nitrogen and oxygen atoms in total. The van der Waals surface area contributed by atoms with E-state index in [1.165, 1.54) is 5.56 Å². The fraction of sp³-hybridized carbons (Fsp3) is 0.636. The van der Waals surface area contributed by atoms with E-state index in [-0.39, 0.29) is 5.41 Å². The van der Waals surface area contributed by atoms with Crippen LogP contribution in [-0.4, -0.2) is 13.1 Å². The molecular weight excluding hydrogens is 224 g/mol. The largest absolute Gasteiger partial charge is 0.384 e. The molecule has 0 bridgehead atoms. The van der Waals surface area contributed by atoms with Gasteiger partial charge in [0.25, 0.3) is 0 Å². The van der Waals surface area contributed by atoms with Gasteiger partial charge in [-0.2, -0.15) is 0 Å². The lowest BCUT2D eigenvalue weighted by molar-refractivity contribution is 0.585. The molecule has 0 spiro atoms. The van der Waals surface area contributed by atoms with E-state index in [1.54, 1.807) is 0 Å². The van der Waals surface area contributed by atoms with E-state index in [1.807, 2.05) is 0 Å². The fourth-order valence-corrected chi connectivity index (χ4v) is 2.38. The third-order valence-electron chi connectivity index (χ3n) is 2.34. The van der Waals surface area contributed by atoms with Crippen LogP contribution in [0.3, 0.4) is 0 Å². The van der Waals surface area contributed by atoms with Gasteiger partial charge in [0.2, 0.25) is 0 Å². The number of anilines is 1. The van der Waals surface area contributed by atoms with E-state index in [2.05, 4.69) is 26.1 Å². The molecule has 15 heavy (non-hydrogen) atoms. The van der Waals surface area contributed by atoms with Crippen molar-refractivity contribution >= 4 is 30.1 Å². The molecule has 0 amide bonds. The van der Waals surface area contributed by atoms with Crippen molar-refractivity contribution in [1.82, 2.24) is 0 Å². The van der Waals surface area contributed by atoms with Crippen LogP contribution in [0, 0.1) is 9.02 Å². The average molecular weight is 242 g/mol. The summed E-state index contributed by atoms with van der Waals surface area (Å²) in [5.41, 5.74) is 7.78.